The van der Waals surface area contributed by atoms with Crippen LogP contribution in [0.3, 0.4) is 0 Å². The molecule has 0 N–H and O–H groups in total. The van der Waals surface area contributed by atoms with Crippen LogP contribution in [0, 0.1) is 11.6 Å². The molecule has 80 valence electrons. The third-order valence-corrected chi connectivity index (χ3v) is 2.19. The smallest absolute Gasteiger partial charge is 0.193 e. The van der Waals surface area contributed by atoms with Gasteiger partial charge in [0.1, 0.15) is 11.6 Å². The molecule has 0 aliphatic rings. The predicted molar refractivity (Wildman–Crippen MR) is 56.2 cm³/mol. The van der Waals surface area contributed by atoms with E-state index in [-0.39, 0.29) is 11.3 Å². The van der Waals surface area contributed by atoms with E-state index in [1.54, 1.807) is 0 Å². The highest BCUT2D eigenvalue weighted by Crippen LogP contribution is 2.11. The predicted octanol–water partition coefficient (Wildman–Crippen LogP) is 3.20. The van der Waals surface area contributed by atoms with Crippen molar-refractivity contribution >= 4 is 5.78 Å². The zero-order valence-corrected chi connectivity index (χ0v) is 8.28. The Kier molecular flexibility index (Phi) is 2.77. The summed E-state index contributed by atoms with van der Waals surface area (Å²) in [5.41, 5.74) is 0.596. The third-order valence-electron chi connectivity index (χ3n) is 2.19. The molecular weight excluding hydrogens is 210 g/mol. The van der Waals surface area contributed by atoms with Gasteiger partial charge in [0.2, 0.25) is 0 Å². The molecule has 0 aliphatic heterocycles. The lowest BCUT2D eigenvalue weighted by Gasteiger charge is -2.00. The molecule has 1 nitrogen and oxygen atoms in total. The van der Waals surface area contributed by atoms with E-state index in [9.17, 15) is 13.6 Å². The van der Waals surface area contributed by atoms with Crippen molar-refractivity contribution in [1.29, 1.82) is 0 Å². The first kappa shape index (κ1) is 10.5. The summed E-state index contributed by atoms with van der Waals surface area (Å²) in [6.07, 6.45) is 0. The minimum absolute atomic E-state index is 0.256. The van der Waals surface area contributed by atoms with Crippen LogP contribution in [0.25, 0.3) is 0 Å². The number of ketones is 1. The summed E-state index contributed by atoms with van der Waals surface area (Å²) in [6.45, 7) is 0. The standard InChI is InChI=1S/C13H8F2O/c14-11-6-4-9(5-7-11)13(16)10-2-1-3-12(15)8-10/h1-8H. The van der Waals surface area contributed by atoms with Crippen LogP contribution in [0.5, 0.6) is 0 Å². The Morgan fingerprint density at radius 1 is 0.812 bits per heavy atom. The van der Waals surface area contributed by atoms with Crippen molar-refractivity contribution in [3.63, 3.8) is 0 Å². The maximum Gasteiger partial charge on any atom is 0.193 e. The van der Waals surface area contributed by atoms with E-state index in [4.69, 9.17) is 0 Å². The van der Waals surface area contributed by atoms with Gasteiger partial charge >= 0.3 is 0 Å². The average Bonchev–Trinajstić information content (AvgIpc) is 2.29. The molecule has 16 heavy (non-hydrogen) atoms. The molecule has 0 saturated heterocycles. The molecule has 2 rings (SSSR count). The summed E-state index contributed by atoms with van der Waals surface area (Å²) in [5, 5.41) is 0. The SMILES string of the molecule is O=C(c1ccc(F)cc1)c1cccc(F)c1. The van der Waals surface area contributed by atoms with Crippen molar-refractivity contribution in [1.82, 2.24) is 0 Å². The van der Waals surface area contributed by atoms with Gasteiger partial charge in [-0.2, -0.15) is 0 Å². The Balaban J connectivity index is 2.35. The third kappa shape index (κ3) is 2.14. The monoisotopic (exact) mass is 218 g/mol. The zero-order valence-electron chi connectivity index (χ0n) is 8.28. The van der Waals surface area contributed by atoms with Gasteiger partial charge in [-0.1, -0.05) is 12.1 Å². The number of carbonyl (C=O) groups excluding carboxylic acids is 1. The van der Waals surface area contributed by atoms with Crippen molar-refractivity contribution in [3.05, 3.63) is 71.3 Å². The number of carbonyl (C=O) groups is 1. The summed E-state index contributed by atoms with van der Waals surface area (Å²) < 4.78 is 25.5. The van der Waals surface area contributed by atoms with Gasteiger partial charge in [0.05, 0.1) is 0 Å². The Labute approximate surface area is 91.3 Å². The lowest BCUT2D eigenvalue weighted by Crippen LogP contribution is -2.01. The van der Waals surface area contributed by atoms with E-state index in [1.807, 2.05) is 0 Å². The summed E-state index contributed by atoms with van der Waals surface area (Å²) >= 11 is 0. The Morgan fingerprint density at radius 3 is 2.12 bits per heavy atom. The van der Waals surface area contributed by atoms with Gasteiger partial charge in [-0.15, -0.1) is 0 Å². The molecule has 0 atom stereocenters. The second-order valence-electron chi connectivity index (χ2n) is 3.35. The van der Waals surface area contributed by atoms with Gasteiger partial charge in [-0.05, 0) is 36.4 Å². The van der Waals surface area contributed by atoms with Crippen LogP contribution in [0.4, 0.5) is 8.78 Å². The molecule has 0 bridgehead atoms. The summed E-state index contributed by atoms with van der Waals surface area (Å²) in [4.78, 5) is 11.8. The number of rotatable bonds is 2. The highest BCUT2D eigenvalue weighted by Gasteiger charge is 2.09. The number of hydrogen-bond donors (Lipinski definition) is 0. The van der Waals surface area contributed by atoms with Crippen LogP contribution in [0.15, 0.2) is 48.5 Å². The zero-order chi connectivity index (χ0) is 11.5. The minimum atomic E-state index is -0.465. The van der Waals surface area contributed by atoms with Crippen LogP contribution in [-0.2, 0) is 0 Å². The number of benzene rings is 2. The quantitative estimate of drug-likeness (QED) is 0.707. The summed E-state index contributed by atoms with van der Waals surface area (Å²) in [6, 6.07) is 10.6. The van der Waals surface area contributed by atoms with E-state index in [1.165, 1.54) is 42.5 Å². The van der Waals surface area contributed by atoms with Crippen molar-refractivity contribution in [2.24, 2.45) is 0 Å². The summed E-state index contributed by atoms with van der Waals surface area (Å²) in [7, 11) is 0. The fourth-order valence-electron chi connectivity index (χ4n) is 1.40. The second kappa shape index (κ2) is 4.23. The first-order chi connectivity index (χ1) is 7.66. The van der Waals surface area contributed by atoms with Gasteiger partial charge in [-0.3, -0.25) is 4.79 Å². The largest absolute Gasteiger partial charge is 0.289 e. The van der Waals surface area contributed by atoms with E-state index in [0.717, 1.165) is 6.07 Å². The normalized spacial score (nSPS) is 10.1. The van der Waals surface area contributed by atoms with Crippen LogP contribution in [0.1, 0.15) is 15.9 Å². The molecule has 2 aromatic carbocycles. The van der Waals surface area contributed by atoms with E-state index in [2.05, 4.69) is 0 Å². The molecule has 0 aliphatic carbocycles. The van der Waals surface area contributed by atoms with E-state index < -0.39 is 11.6 Å². The first-order valence-electron chi connectivity index (χ1n) is 4.72. The number of hydrogen-bond acceptors (Lipinski definition) is 1. The molecule has 0 amide bonds. The first-order valence-corrected chi connectivity index (χ1v) is 4.72. The number of halogens is 2. The topological polar surface area (TPSA) is 17.1 Å². The van der Waals surface area contributed by atoms with Gasteiger partial charge in [0, 0.05) is 11.1 Å². The molecule has 0 saturated carbocycles. The Bertz CT molecular complexity index is 518. The van der Waals surface area contributed by atoms with Gasteiger partial charge in [-0.25, -0.2) is 8.78 Å². The van der Waals surface area contributed by atoms with Crippen LogP contribution in [0.2, 0.25) is 0 Å². The highest BCUT2D eigenvalue weighted by molar-refractivity contribution is 6.08. The highest BCUT2D eigenvalue weighted by atomic mass is 19.1. The van der Waals surface area contributed by atoms with Gasteiger partial charge in [0.25, 0.3) is 0 Å². The molecule has 0 aromatic heterocycles. The van der Waals surface area contributed by atoms with Crippen LogP contribution in [-0.4, -0.2) is 5.78 Å². The molecule has 0 radical (unpaired) electrons. The minimum Gasteiger partial charge on any atom is -0.289 e. The van der Waals surface area contributed by atoms with Gasteiger partial charge < -0.3 is 0 Å². The lowest BCUT2D eigenvalue weighted by molar-refractivity contribution is 0.103. The van der Waals surface area contributed by atoms with Crippen LogP contribution >= 0.6 is 0 Å². The molecule has 0 fully saturated rings. The molecular formula is C13H8F2O. The summed E-state index contributed by atoms with van der Waals surface area (Å²) in [5.74, 6) is -1.19. The van der Waals surface area contributed by atoms with Crippen molar-refractivity contribution < 1.29 is 13.6 Å². The van der Waals surface area contributed by atoms with E-state index in [0.29, 0.717) is 5.56 Å². The lowest BCUT2D eigenvalue weighted by atomic mass is 10.0. The molecule has 0 spiro atoms. The van der Waals surface area contributed by atoms with E-state index >= 15 is 0 Å². The maximum absolute atomic E-state index is 12.9. The van der Waals surface area contributed by atoms with Gasteiger partial charge in [0.15, 0.2) is 5.78 Å². The Hall–Kier alpha value is -2.03. The average molecular weight is 218 g/mol. The fraction of sp³-hybridized carbons (Fsp3) is 0. The molecule has 0 heterocycles. The van der Waals surface area contributed by atoms with Crippen molar-refractivity contribution in [2.45, 2.75) is 0 Å². The molecule has 3 heteroatoms. The fourth-order valence-corrected chi connectivity index (χ4v) is 1.40. The second-order valence-corrected chi connectivity index (χ2v) is 3.35. The van der Waals surface area contributed by atoms with Crippen molar-refractivity contribution in [2.75, 3.05) is 0 Å². The van der Waals surface area contributed by atoms with Crippen molar-refractivity contribution in [3.8, 4) is 0 Å². The van der Waals surface area contributed by atoms with Crippen LogP contribution < -0.4 is 0 Å². The Morgan fingerprint density at radius 2 is 1.50 bits per heavy atom. The maximum atomic E-state index is 12.9. The molecule has 0 unspecified atom stereocenters. The molecule has 2 aromatic rings.